The molecule has 0 aromatic rings. The van der Waals surface area contributed by atoms with E-state index in [0.29, 0.717) is 32.5 Å². The summed E-state index contributed by atoms with van der Waals surface area (Å²) in [4.78, 5) is 24.1. The number of carbonyl (C=O) groups is 2. The van der Waals surface area contributed by atoms with Crippen molar-refractivity contribution < 1.29 is 14.7 Å². The maximum Gasteiger partial charge on any atom is 0.330 e. The molecule has 0 radical (unpaired) electrons. The van der Waals surface area contributed by atoms with E-state index in [0.717, 1.165) is 6.42 Å². The average Bonchev–Trinajstić information content (AvgIpc) is 2.30. The van der Waals surface area contributed by atoms with Gasteiger partial charge < -0.3 is 15.3 Å². The van der Waals surface area contributed by atoms with Crippen LogP contribution < -0.4 is 5.32 Å². The van der Waals surface area contributed by atoms with E-state index >= 15 is 0 Å². The molecule has 2 unspecified atom stereocenters. The Hall–Kier alpha value is -1.10. The highest BCUT2D eigenvalue weighted by molar-refractivity contribution is 5.82. The molecule has 0 aliphatic carbocycles. The quantitative estimate of drug-likeness (QED) is 0.664. The second kappa shape index (κ2) is 5.30. The normalized spacial score (nSPS) is 29.8. The maximum atomic E-state index is 11.6. The van der Waals surface area contributed by atoms with Gasteiger partial charge in [0.2, 0.25) is 6.41 Å². The van der Waals surface area contributed by atoms with E-state index < -0.39 is 11.5 Å². The molecule has 1 aliphatic rings. The van der Waals surface area contributed by atoms with E-state index in [9.17, 15) is 14.7 Å². The molecule has 2 N–H and O–H groups in total. The van der Waals surface area contributed by atoms with Crippen LogP contribution in [0.2, 0.25) is 0 Å². The van der Waals surface area contributed by atoms with E-state index in [1.54, 1.807) is 0 Å². The van der Waals surface area contributed by atoms with Crippen molar-refractivity contribution in [1.82, 2.24) is 10.2 Å². The number of nitrogens with zero attached hydrogens (tertiary/aromatic N) is 1. The number of hydrogen-bond acceptors (Lipinski definition) is 3. The summed E-state index contributed by atoms with van der Waals surface area (Å²) in [6.07, 6.45) is 1.90. The lowest BCUT2D eigenvalue weighted by Gasteiger charge is -2.46. The van der Waals surface area contributed by atoms with Crippen LogP contribution in [-0.2, 0) is 9.59 Å². The summed E-state index contributed by atoms with van der Waals surface area (Å²) in [6.45, 7) is 5.52. The fourth-order valence-corrected chi connectivity index (χ4v) is 2.64. The van der Waals surface area contributed by atoms with Gasteiger partial charge in [-0.3, -0.25) is 4.79 Å². The van der Waals surface area contributed by atoms with Gasteiger partial charge in [-0.05, 0) is 26.3 Å². The summed E-state index contributed by atoms with van der Waals surface area (Å²) in [5, 5.41) is 12.7. The van der Waals surface area contributed by atoms with Gasteiger partial charge in [0.15, 0.2) is 0 Å². The molecule has 92 valence electrons. The van der Waals surface area contributed by atoms with Crippen LogP contribution in [0.1, 0.15) is 26.7 Å². The molecular formula is C11H20N2O3. The SMILES string of the molecule is CCC1CNCCC1(C(=O)O)N(C=O)CC. The molecule has 0 bridgehead atoms. The molecule has 16 heavy (non-hydrogen) atoms. The number of rotatable bonds is 5. The first-order valence-electron chi connectivity index (χ1n) is 5.79. The molecule has 1 aliphatic heterocycles. The highest BCUT2D eigenvalue weighted by Gasteiger charge is 2.50. The van der Waals surface area contributed by atoms with E-state index in [4.69, 9.17) is 0 Å². The van der Waals surface area contributed by atoms with Crippen molar-refractivity contribution in [3.05, 3.63) is 0 Å². The van der Waals surface area contributed by atoms with Gasteiger partial charge in [-0.15, -0.1) is 0 Å². The summed E-state index contributed by atoms with van der Waals surface area (Å²) in [7, 11) is 0. The molecule has 1 amide bonds. The van der Waals surface area contributed by atoms with Crippen LogP contribution in [0.5, 0.6) is 0 Å². The van der Waals surface area contributed by atoms with Crippen molar-refractivity contribution in [3.63, 3.8) is 0 Å². The molecule has 2 atom stereocenters. The summed E-state index contributed by atoms with van der Waals surface area (Å²) in [5.74, 6) is -0.904. The van der Waals surface area contributed by atoms with Crippen LogP contribution in [0.4, 0.5) is 0 Å². The Morgan fingerprint density at radius 3 is 2.75 bits per heavy atom. The van der Waals surface area contributed by atoms with Gasteiger partial charge in [-0.1, -0.05) is 6.92 Å². The number of nitrogens with one attached hydrogen (secondary N) is 1. The van der Waals surface area contributed by atoms with Crippen molar-refractivity contribution in [3.8, 4) is 0 Å². The molecule has 0 saturated carbocycles. The van der Waals surface area contributed by atoms with Gasteiger partial charge in [-0.25, -0.2) is 4.79 Å². The number of piperidine rings is 1. The summed E-state index contributed by atoms with van der Waals surface area (Å²) < 4.78 is 0. The molecule has 1 saturated heterocycles. The predicted molar refractivity (Wildman–Crippen MR) is 60.1 cm³/mol. The Balaban J connectivity index is 3.09. The second-order valence-corrected chi connectivity index (χ2v) is 4.18. The zero-order valence-corrected chi connectivity index (χ0v) is 9.90. The van der Waals surface area contributed by atoms with Crippen molar-refractivity contribution in [2.45, 2.75) is 32.2 Å². The Kier molecular flexibility index (Phi) is 4.29. The van der Waals surface area contributed by atoms with E-state index in [1.165, 1.54) is 4.90 Å². The van der Waals surface area contributed by atoms with Crippen LogP contribution in [0, 0.1) is 5.92 Å². The lowest BCUT2D eigenvalue weighted by Crippen LogP contribution is -2.64. The first-order valence-corrected chi connectivity index (χ1v) is 5.79. The molecule has 1 fully saturated rings. The average molecular weight is 228 g/mol. The second-order valence-electron chi connectivity index (χ2n) is 4.18. The predicted octanol–water partition coefficient (Wildman–Crippen LogP) is 0.308. The van der Waals surface area contributed by atoms with E-state index in [2.05, 4.69) is 5.32 Å². The van der Waals surface area contributed by atoms with Gasteiger partial charge in [0.1, 0.15) is 5.54 Å². The molecule has 1 rings (SSSR count). The highest BCUT2D eigenvalue weighted by atomic mass is 16.4. The summed E-state index contributed by atoms with van der Waals surface area (Å²) in [6, 6.07) is 0. The number of carboxylic acid groups (broad SMARTS) is 1. The molecule has 5 heteroatoms. The largest absolute Gasteiger partial charge is 0.479 e. The van der Waals surface area contributed by atoms with Crippen molar-refractivity contribution in [2.24, 2.45) is 5.92 Å². The van der Waals surface area contributed by atoms with Gasteiger partial charge in [0, 0.05) is 19.0 Å². The number of likely N-dealkylation sites (N-methyl/N-ethyl adjacent to an activating group) is 1. The highest BCUT2D eigenvalue weighted by Crippen LogP contribution is 2.32. The number of carbonyl (C=O) groups excluding carboxylic acids is 1. The molecule has 0 aromatic heterocycles. The zero-order chi connectivity index (χ0) is 12.2. The Labute approximate surface area is 95.8 Å². The lowest BCUT2D eigenvalue weighted by molar-refractivity contribution is -0.161. The number of aliphatic carboxylic acids is 1. The fraction of sp³-hybridized carbons (Fsp3) is 0.818. The zero-order valence-electron chi connectivity index (χ0n) is 9.90. The van der Waals surface area contributed by atoms with Crippen LogP contribution in [-0.4, -0.2) is 47.6 Å². The van der Waals surface area contributed by atoms with Gasteiger partial charge >= 0.3 is 5.97 Å². The Morgan fingerprint density at radius 2 is 2.31 bits per heavy atom. The third-order valence-corrected chi connectivity index (χ3v) is 3.59. The third-order valence-electron chi connectivity index (χ3n) is 3.59. The number of carboxylic acids is 1. The lowest BCUT2D eigenvalue weighted by atomic mass is 9.75. The third kappa shape index (κ3) is 1.91. The first-order chi connectivity index (χ1) is 7.63. The van der Waals surface area contributed by atoms with E-state index in [1.807, 2.05) is 13.8 Å². The van der Waals surface area contributed by atoms with Crippen LogP contribution in [0.15, 0.2) is 0 Å². The molecule has 5 nitrogen and oxygen atoms in total. The minimum atomic E-state index is -1.02. The molecule has 0 aromatic carbocycles. The Morgan fingerprint density at radius 1 is 1.62 bits per heavy atom. The van der Waals surface area contributed by atoms with Crippen molar-refractivity contribution in [1.29, 1.82) is 0 Å². The fourth-order valence-electron chi connectivity index (χ4n) is 2.64. The maximum absolute atomic E-state index is 11.6. The molecular weight excluding hydrogens is 208 g/mol. The topological polar surface area (TPSA) is 69.6 Å². The minimum absolute atomic E-state index is 0.0242. The number of amides is 1. The smallest absolute Gasteiger partial charge is 0.330 e. The first kappa shape index (κ1) is 13.0. The van der Waals surface area contributed by atoms with Gasteiger partial charge in [0.05, 0.1) is 0 Å². The van der Waals surface area contributed by atoms with Crippen molar-refractivity contribution in [2.75, 3.05) is 19.6 Å². The van der Waals surface area contributed by atoms with Crippen LogP contribution >= 0.6 is 0 Å². The van der Waals surface area contributed by atoms with Crippen molar-refractivity contribution >= 4 is 12.4 Å². The minimum Gasteiger partial charge on any atom is -0.479 e. The summed E-state index contributed by atoms with van der Waals surface area (Å²) in [5.41, 5.74) is -1.02. The number of hydrogen-bond donors (Lipinski definition) is 2. The monoisotopic (exact) mass is 228 g/mol. The van der Waals surface area contributed by atoms with Gasteiger partial charge in [-0.2, -0.15) is 0 Å². The molecule has 1 heterocycles. The Bertz CT molecular complexity index is 270. The van der Waals surface area contributed by atoms with Crippen LogP contribution in [0.3, 0.4) is 0 Å². The summed E-state index contributed by atoms with van der Waals surface area (Å²) >= 11 is 0. The van der Waals surface area contributed by atoms with Crippen LogP contribution in [0.25, 0.3) is 0 Å². The van der Waals surface area contributed by atoms with E-state index in [-0.39, 0.29) is 5.92 Å². The standard InChI is InChI=1S/C11H20N2O3/c1-3-9-7-12-6-5-11(9,10(15)16)13(4-2)8-14/h8-9,12H,3-7H2,1-2H3,(H,15,16). The van der Waals surface area contributed by atoms with Gasteiger partial charge in [0.25, 0.3) is 0 Å². The molecule has 0 spiro atoms.